The number of methoxy groups -OCH3 is 1. The van der Waals surface area contributed by atoms with Gasteiger partial charge in [0, 0.05) is 24.7 Å². The van der Waals surface area contributed by atoms with E-state index >= 15 is 0 Å². The molecule has 0 heterocycles. The summed E-state index contributed by atoms with van der Waals surface area (Å²) in [6.07, 6.45) is 2.54. The van der Waals surface area contributed by atoms with Crippen LogP contribution < -0.4 is 10.1 Å². The number of rotatable bonds is 7. The number of phenolic OH excluding ortho intramolecular Hbond substituents is 1. The normalized spacial score (nSPS) is 14.3. The lowest BCUT2D eigenvalue weighted by molar-refractivity contribution is 0.0947. The summed E-state index contributed by atoms with van der Waals surface area (Å²) in [7, 11) is 1.48. The van der Waals surface area contributed by atoms with E-state index in [1.54, 1.807) is 12.1 Å². The Labute approximate surface area is 119 Å². The number of amides is 1. The molecule has 0 radical (unpaired) electrons. The molecule has 110 valence electrons. The third kappa shape index (κ3) is 3.63. The summed E-state index contributed by atoms with van der Waals surface area (Å²) in [5, 5.41) is 12.5. The Morgan fingerprint density at radius 3 is 2.80 bits per heavy atom. The van der Waals surface area contributed by atoms with E-state index in [-0.39, 0.29) is 11.7 Å². The smallest absolute Gasteiger partial charge is 0.251 e. The fraction of sp³-hybridized carbons (Fsp3) is 0.533. The van der Waals surface area contributed by atoms with Gasteiger partial charge in [-0.1, -0.05) is 6.92 Å². The Hall–Kier alpha value is -1.75. The van der Waals surface area contributed by atoms with Gasteiger partial charge >= 0.3 is 0 Å². The first-order valence-electron chi connectivity index (χ1n) is 7.05. The number of nitrogens with one attached hydrogen (secondary N) is 1. The van der Waals surface area contributed by atoms with Crippen molar-refractivity contribution >= 4 is 5.91 Å². The number of aromatic hydroxyl groups is 1. The SMILES string of the molecule is CCN(CCNC(=O)c1ccc(OC)c(O)c1)C1CC1. The first-order valence-corrected chi connectivity index (χ1v) is 7.05. The maximum atomic E-state index is 12.0. The highest BCUT2D eigenvalue weighted by Crippen LogP contribution is 2.26. The molecule has 5 nitrogen and oxygen atoms in total. The van der Waals surface area contributed by atoms with Gasteiger partial charge in [0.1, 0.15) is 0 Å². The van der Waals surface area contributed by atoms with E-state index in [4.69, 9.17) is 4.74 Å². The molecular formula is C15H22N2O3. The average Bonchev–Trinajstić information content (AvgIpc) is 3.27. The number of benzene rings is 1. The second kappa shape index (κ2) is 6.61. The molecule has 0 atom stereocenters. The summed E-state index contributed by atoms with van der Waals surface area (Å²) < 4.78 is 4.95. The average molecular weight is 278 g/mol. The number of carbonyl (C=O) groups excluding carboxylic acids is 1. The van der Waals surface area contributed by atoms with Crippen LogP contribution >= 0.6 is 0 Å². The van der Waals surface area contributed by atoms with E-state index < -0.39 is 0 Å². The Balaban J connectivity index is 1.83. The molecule has 0 aliphatic heterocycles. The number of nitrogens with zero attached hydrogens (tertiary/aromatic N) is 1. The van der Waals surface area contributed by atoms with Gasteiger partial charge in [-0.15, -0.1) is 0 Å². The predicted octanol–water partition coefficient (Wildman–Crippen LogP) is 1.61. The monoisotopic (exact) mass is 278 g/mol. The number of phenols is 1. The first kappa shape index (κ1) is 14.7. The van der Waals surface area contributed by atoms with Gasteiger partial charge in [-0.25, -0.2) is 0 Å². The second-order valence-corrected chi connectivity index (χ2v) is 5.00. The van der Waals surface area contributed by atoms with Crippen LogP contribution in [0.25, 0.3) is 0 Å². The third-order valence-electron chi connectivity index (χ3n) is 3.60. The van der Waals surface area contributed by atoms with Crippen molar-refractivity contribution in [2.45, 2.75) is 25.8 Å². The molecule has 2 rings (SSSR count). The van der Waals surface area contributed by atoms with E-state index in [1.807, 2.05) is 0 Å². The van der Waals surface area contributed by atoms with Crippen LogP contribution in [0.3, 0.4) is 0 Å². The van der Waals surface area contributed by atoms with Crippen molar-refractivity contribution in [3.05, 3.63) is 23.8 Å². The summed E-state index contributed by atoms with van der Waals surface area (Å²) in [6, 6.07) is 5.37. The van der Waals surface area contributed by atoms with Gasteiger partial charge in [-0.2, -0.15) is 0 Å². The quantitative estimate of drug-likeness (QED) is 0.795. The van der Waals surface area contributed by atoms with Crippen LogP contribution in [0.2, 0.25) is 0 Å². The van der Waals surface area contributed by atoms with Crippen molar-refractivity contribution < 1.29 is 14.6 Å². The predicted molar refractivity (Wildman–Crippen MR) is 77.3 cm³/mol. The molecule has 1 aromatic carbocycles. The van der Waals surface area contributed by atoms with E-state index in [2.05, 4.69) is 17.1 Å². The fourth-order valence-corrected chi connectivity index (χ4v) is 2.28. The van der Waals surface area contributed by atoms with Crippen LogP contribution in [0.1, 0.15) is 30.1 Å². The molecule has 0 saturated heterocycles. The minimum Gasteiger partial charge on any atom is -0.504 e. The summed E-state index contributed by atoms with van der Waals surface area (Å²) in [5.74, 6) is 0.176. The van der Waals surface area contributed by atoms with Gasteiger partial charge in [0.15, 0.2) is 11.5 Å². The van der Waals surface area contributed by atoms with Crippen molar-refractivity contribution in [1.82, 2.24) is 10.2 Å². The molecule has 20 heavy (non-hydrogen) atoms. The molecule has 1 saturated carbocycles. The molecule has 1 aliphatic carbocycles. The number of hydrogen-bond donors (Lipinski definition) is 2. The molecular weight excluding hydrogens is 256 g/mol. The van der Waals surface area contributed by atoms with Gasteiger partial charge in [-0.3, -0.25) is 9.69 Å². The largest absolute Gasteiger partial charge is 0.504 e. The van der Waals surface area contributed by atoms with Crippen molar-refractivity contribution in [1.29, 1.82) is 0 Å². The van der Waals surface area contributed by atoms with Gasteiger partial charge in [0.2, 0.25) is 0 Å². The molecule has 0 unspecified atom stereocenters. The summed E-state index contributed by atoms with van der Waals surface area (Å²) in [6.45, 7) is 4.65. The third-order valence-corrected chi connectivity index (χ3v) is 3.60. The number of hydrogen-bond acceptors (Lipinski definition) is 4. The van der Waals surface area contributed by atoms with Crippen LogP contribution in [0.15, 0.2) is 18.2 Å². The maximum absolute atomic E-state index is 12.0. The highest BCUT2D eigenvalue weighted by molar-refractivity contribution is 5.94. The Kier molecular flexibility index (Phi) is 4.84. The molecule has 2 N–H and O–H groups in total. The lowest BCUT2D eigenvalue weighted by atomic mass is 10.2. The van der Waals surface area contributed by atoms with Crippen LogP contribution in [-0.4, -0.2) is 48.7 Å². The Bertz CT molecular complexity index is 472. The van der Waals surface area contributed by atoms with Crippen molar-refractivity contribution in [2.75, 3.05) is 26.7 Å². The molecule has 1 fully saturated rings. The van der Waals surface area contributed by atoms with E-state index in [9.17, 15) is 9.90 Å². The lowest BCUT2D eigenvalue weighted by Crippen LogP contribution is -2.36. The fourth-order valence-electron chi connectivity index (χ4n) is 2.28. The molecule has 0 aromatic heterocycles. The summed E-state index contributed by atoms with van der Waals surface area (Å²) in [4.78, 5) is 14.4. The Morgan fingerprint density at radius 2 is 2.25 bits per heavy atom. The van der Waals surface area contributed by atoms with E-state index in [0.717, 1.165) is 13.1 Å². The highest BCUT2D eigenvalue weighted by atomic mass is 16.5. The molecule has 1 amide bonds. The Morgan fingerprint density at radius 1 is 1.50 bits per heavy atom. The summed E-state index contributed by atoms with van der Waals surface area (Å²) in [5.41, 5.74) is 0.442. The summed E-state index contributed by atoms with van der Waals surface area (Å²) >= 11 is 0. The first-order chi connectivity index (χ1) is 9.65. The van der Waals surface area contributed by atoms with Gasteiger partial charge in [-0.05, 0) is 37.6 Å². The zero-order valence-electron chi connectivity index (χ0n) is 12.1. The van der Waals surface area contributed by atoms with Crippen molar-refractivity contribution in [3.63, 3.8) is 0 Å². The standard InChI is InChI=1S/C15H22N2O3/c1-3-17(12-5-6-12)9-8-16-15(19)11-4-7-14(20-2)13(18)10-11/h4,7,10,12,18H,3,5-6,8-9H2,1-2H3,(H,16,19). The molecule has 0 bridgehead atoms. The van der Waals surface area contributed by atoms with Crippen LogP contribution in [-0.2, 0) is 0 Å². The van der Waals surface area contributed by atoms with Crippen molar-refractivity contribution in [3.8, 4) is 11.5 Å². The second-order valence-electron chi connectivity index (χ2n) is 5.00. The molecule has 5 heteroatoms. The zero-order valence-corrected chi connectivity index (χ0v) is 12.1. The minimum atomic E-state index is -0.171. The van der Waals surface area contributed by atoms with Crippen LogP contribution in [0.5, 0.6) is 11.5 Å². The topological polar surface area (TPSA) is 61.8 Å². The number of ether oxygens (including phenoxy) is 1. The van der Waals surface area contributed by atoms with Crippen LogP contribution in [0.4, 0.5) is 0 Å². The highest BCUT2D eigenvalue weighted by Gasteiger charge is 2.27. The molecule has 1 aliphatic rings. The maximum Gasteiger partial charge on any atom is 0.251 e. The van der Waals surface area contributed by atoms with E-state index in [0.29, 0.717) is 23.9 Å². The van der Waals surface area contributed by atoms with Gasteiger partial charge in [0.25, 0.3) is 5.91 Å². The zero-order chi connectivity index (χ0) is 14.5. The lowest BCUT2D eigenvalue weighted by Gasteiger charge is -2.19. The molecule has 1 aromatic rings. The number of carbonyl (C=O) groups is 1. The molecule has 0 spiro atoms. The number of likely N-dealkylation sites (N-methyl/N-ethyl adjacent to an activating group) is 1. The van der Waals surface area contributed by atoms with E-state index in [1.165, 1.54) is 26.0 Å². The van der Waals surface area contributed by atoms with Gasteiger partial charge in [0.05, 0.1) is 7.11 Å². The minimum absolute atomic E-state index is 0.0201. The van der Waals surface area contributed by atoms with Crippen LogP contribution in [0, 0.1) is 0 Å². The van der Waals surface area contributed by atoms with Crippen molar-refractivity contribution in [2.24, 2.45) is 0 Å². The van der Waals surface area contributed by atoms with Gasteiger partial charge < -0.3 is 15.2 Å².